The number of carbonyl (C=O) groups is 1. The Balaban J connectivity index is 1.51. The molecular formula is C25H26N6O5. The van der Waals surface area contributed by atoms with Gasteiger partial charge in [-0.1, -0.05) is 18.2 Å². The lowest BCUT2D eigenvalue weighted by molar-refractivity contribution is -0.191. The van der Waals surface area contributed by atoms with Gasteiger partial charge in [0, 0.05) is 31.3 Å². The maximum Gasteiger partial charge on any atom is 0.373 e. The average molecular weight is 491 g/mol. The normalized spacial score (nSPS) is 12.3. The number of carboxylic acid groups (broad SMARTS) is 1. The zero-order valence-electron chi connectivity index (χ0n) is 20.3. The summed E-state index contributed by atoms with van der Waals surface area (Å²) in [6, 6.07) is 8.94. The van der Waals surface area contributed by atoms with Gasteiger partial charge in [-0.05, 0) is 32.4 Å². The maximum atomic E-state index is 12.4. The molecule has 1 aromatic carbocycles. The molecule has 4 rings (SSSR count). The number of hydrogen-bond donors (Lipinski definition) is 1. The molecule has 0 aliphatic carbocycles. The van der Waals surface area contributed by atoms with Crippen LogP contribution in [0.4, 0.5) is 0 Å². The third kappa shape index (κ3) is 6.19. The van der Waals surface area contributed by atoms with E-state index in [1.165, 1.54) is 18.5 Å². The molecule has 186 valence electrons. The minimum atomic E-state index is -1.49. The summed E-state index contributed by atoms with van der Waals surface area (Å²) in [7, 11) is 1.81. The lowest BCUT2D eigenvalue weighted by atomic mass is 10.1. The zero-order valence-corrected chi connectivity index (χ0v) is 20.3. The standard InChI is InChI=1S/C25H26N6O5/c1-25(2,3)36-24(23(33)34)35-19-13-26-22(27-14-19)17-7-5-6-16(10-17)11-20-21(32)8-9-31(29-20)18-12-28-30(4)15-18/h5-10,12-15,24H,11H2,1-4H3,(H,33,34). The van der Waals surface area contributed by atoms with Gasteiger partial charge in [-0.15, -0.1) is 0 Å². The molecule has 0 bridgehead atoms. The van der Waals surface area contributed by atoms with Gasteiger partial charge < -0.3 is 14.6 Å². The van der Waals surface area contributed by atoms with E-state index in [9.17, 15) is 14.7 Å². The molecule has 4 aromatic rings. The van der Waals surface area contributed by atoms with Crippen LogP contribution in [0.2, 0.25) is 0 Å². The molecule has 1 atom stereocenters. The molecule has 1 unspecified atom stereocenters. The topological polar surface area (TPSA) is 134 Å². The molecule has 11 nitrogen and oxygen atoms in total. The highest BCUT2D eigenvalue weighted by atomic mass is 16.7. The summed E-state index contributed by atoms with van der Waals surface area (Å²) in [5.41, 5.74) is 1.85. The number of aryl methyl sites for hydroxylation is 1. The monoisotopic (exact) mass is 490 g/mol. The van der Waals surface area contributed by atoms with E-state index in [0.29, 0.717) is 17.9 Å². The first-order chi connectivity index (χ1) is 17.1. The highest BCUT2D eigenvalue weighted by Crippen LogP contribution is 2.21. The Kier molecular flexibility index (Phi) is 6.93. The molecule has 3 heterocycles. The number of carboxylic acids is 1. The van der Waals surface area contributed by atoms with Gasteiger partial charge in [0.1, 0.15) is 11.4 Å². The van der Waals surface area contributed by atoms with Crippen LogP contribution in [0.15, 0.2) is 66.1 Å². The van der Waals surface area contributed by atoms with Crippen LogP contribution in [0.1, 0.15) is 32.0 Å². The summed E-state index contributed by atoms with van der Waals surface area (Å²) in [5.74, 6) is -0.670. The van der Waals surface area contributed by atoms with Crippen molar-refractivity contribution in [1.29, 1.82) is 0 Å². The molecular weight excluding hydrogens is 464 g/mol. The van der Waals surface area contributed by atoms with Crippen LogP contribution in [-0.2, 0) is 23.0 Å². The average Bonchev–Trinajstić information content (AvgIpc) is 3.26. The second-order valence-electron chi connectivity index (χ2n) is 9.08. The van der Waals surface area contributed by atoms with E-state index in [-0.39, 0.29) is 11.2 Å². The Labute approximate surface area is 207 Å². The van der Waals surface area contributed by atoms with E-state index in [4.69, 9.17) is 9.47 Å². The molecule has 1 N–H and O–H groups in total. The molecule has 0 fully saturated rings. The van der Waals surface area contributed by atoms with Gasteiger partial charge in [0.2, 0.25) is 5.43 Å². The van der Waals surface area contributed by atoms with Crippen molar-refractivity contribution in [3.63, 3.8) is 0 Å². The van der Waals surface area contributed by atoms with Crippen molar-refractivity contribution in [3.05, 3.63) is 82.8 Å². The van der Waals surface area contributed by atoms with Crippen LogP contribution in [0.25, 0.3) is 17.1 Å². The molecule has 11 heteroatoms. The lowest BCUT2D eigenvalue weighted by Crippen LogP contribution is -2.37. The molecule has 0 spiro atoms. The summed E-state index contributed by atoms with van der Waals surface area (Å²) >= 11 is 0. The lowest BCUT2D eigenvalue weighted by Gasteiger charge is -2.24. The van der Waals surface area contributed by atoms with Crippen molar-refractivity contribution in [1.82, 2.24) is 29.5 Å². The van der Waals surface area contributed by atoms with Crippen LogP contribution in [0.3, 0.4) is 0 Å². The first-order valence-electron chi connectivity index (χ1n) is 11.1. The van der Waals surface area contributed by atoms with E-state index < -0.39 is 17.9 Å². The summed E-state index contributed by atoms with van der Waals surface area (Å²) in [6.45, 7) is 5.20. The number of nitrogens with zero attached hydrogens (tertiary/aromatic N) is 6. The number of hydrogen-bond acceptors (Lipinski definition) is 8. The van der Waals surface area contributed by atoms with Crippen molar-refractivity contribution < 1.29 is 19.4 Å². The molecule has 0 radical (unpaired) electrons. The van der Waals surface area contributed by atoms with Crippen LogP contribution in [-0.4, -0.2) is 52.5 Å². The van der Waals surface area contributed by atoms with E-state index >= 15 is 0 Å². The summed E-state index contributed by atoms with van der Waals surface area (Å²) in [6.07, 6.45) is 6.69. The van der Waals surface area contributed by atoms with E-state index in [0.717, 1.165) is 16.8 Å². The maximum absolute atomic E-state index is 12.4. The van der Waals surface area contributed by atoms with Gasteiger partial charge in [-0.3, -0.25) is 9.48 Å². The minimum absolute atomic E-state index is 0.163. The summed E-state index contributed by atoms with van der Waals surface area (Å²) in [4.78, 5) is 32.5. The molecule has 0 saturated heterocycles. The highest BCUT2D eigenvalue weighted by Gasteiger charge is 2.27. The summed E-state index contributed by atoms with van der Waals surface area (Å²) in [5, 5.41) is 18.0. The smallest absolute Gasteiger partial charge is 0.373 e. The van der Waals surface area contributed by atoms with Crippen molar-refractivity contribution in [2.24, 2.45) is 7.05 Å². The third-order valence-electron chi connectivity index (χ3n) is 4.93. The Morgan fingerprint density at radius 3 is 2.53 bits per heavy atom. The Morgan fingerprint density at radius 1 is 1.14 bits per heavy atom. The molecule has 0 saturated carbocycles. The van der Waals surface area contributed by atoms with Gasteiger partial charge in [-0.25, -0.2) is 19.4 Å². The second kappa shape index (κ2) is 10.1. The molecule has 0 aliphatic rings. The van der Waals surface area contributed by atoms with Gasteiger partial charge in [-0.2, -0.15) is 10.2 Å². The first-order valence-corrected chi connectivity index (χ1v) is 11.1. The quantitative estimate of drug-likeness (QED) is 0.370. The zero-order chi connectivity index (χ0) is 25.9. The summed E-state index contributed by atoms with van der Waals surface area (Å²) < 4.78 is 14.1. The van der Waals surface area contributed by atoms with Crippen LogP contribution >= 0.6 is 0 Å². The molecule has 0 aliphatic heterocycles. The van der Waals surface area contributed by atoms with Gasteiger partial charge in [0.15, 0.2) is 11.6 Å². The van der Waals surface area contributed by atoms with Crippen molar-refractivity contribution in [2.45, 2.75) is 39.1 Å². The largest absolute Gasteiger partial charge is 0.477 e. The number of aromatic nitrogens is 6. The fraction of sp³-hybridized carbons (Fsp3) is 0.280. The number of ether oxygens (including phenoxy) is 2. The highest BCUT2D eigenvalue weighted by molar-refractivity contribution is 5.71. The second-order valence-corrected chi connectivity index (χ2v) is 9.08. The SMILES string of the molecule is Cn1cc(-n2ccc(=O)c(Cc3cccc(-c4ncc(OC(OC(C)(C)C)C(=O)O)cn4)c3)n2)cn1. The van der Waals surface area contributed by atoms with Gasteiger partial charge >= 0.3 is 5.97 Å². The Bertz CT molecular complexity index is 1420. The first kappa shape index (κ1) is 24.7. The fourth-order valence-electron chi connectivity index (χ4n) is 3.35. The number of rotatable bonds is 8. The Hall–Kier alpha value is -4.38. The van der Waals surface area contributed by atoms with Crippen molar-refractivity contribution in [2.75, 3.05) is 0 Å². The van der Waals surface area contributed by atoms with Crippen LogP contribution in [0, 0.1) is 0 Å². The number of benzene rings is 1. The van der Waals surface area contributed by atoms with Crippen molar-refractivity contribution >= 4 is 5.97 Å². The predicted molar refractivity (Wildman–Crippen MR) is 130 cm³/mol. The van der Waals surface area contributed by atoms with Gasteiger partial charge in [0.05, 0.1) is 30.4 Å². The van der Waals surface area contributed by atoms with Crippen LogP contribution < -0.4 is 10.2 Å². The molecule has 36 heavy (non-hydrogen) atoms. The third-order valence-corrected chi connectivity index (χ3v) is 4.93. The van der Waals surface area contributed by atoms with E-state index in [1.807, 2.05) is 31.3 Å². The van der Waals surface area contributed by atoms with E-state index in [2.05, 4.69) is 20.2 Å². The number of aliphatic carboxylic acids is 1. The van der Waals surface area contributed by atoms with Crippen molar-refractivity contribution in [3.8, 4) is 22.8 Å². The molecule has 3 aromatic heterocycles. The molecule has 0 amide bonds. The van der Waals surface area contributed by atoms with E-state index in [1.54, 1.807) is 48.7 Å². The Morgan fingerprint density at radius 2 is 1.89 bits per heavy atom. The predicted octanol–water partition coefficient (Wildman–Crippen LogP) is 2.62. The minimum Gasteiger partial charge on any atom is -0.477 e. The van der Waals surface area contributed by atoms with Crippen LogP contribution in [0.5, 0.6) is 5.75 Å². The van der Waals surface area contributed by atoms with Gasteiger partial charge in [0.25, 0.3) is 6.29 Å². The fourth-order valence-corrected chi connectivity index (χ4v) is 3.35.